The van der Waals surface area contributed by atoms with Gasteiger partial charge in [-0.2, -0.15) is 4.68 Å². The summed E-state index contributed by atoms with van der Waals surface area (Å²) in [6.45, 7) is 1.04. The molecule has 0 atom stereocenters. The molecule has 27 heavy (non-hydrogen) atoms. The second-order valence-corrected chi connectivity index (χ2v) is 5.64. The summed E-state index contributed by atoms with van der Waals surface area (Å²) in [5, 5.41) is 9.17. The maximum absolute atomic E-state index is 13.0. The number of carbonyl (C=O) groups excluding carboxylic acids is 2. The van der Waals surface area contributed by atoms with E-state index in [1.807, 2.05) is 0 Å². The number of amides is 2. The summed E-state index contributed by atoms with van der Waals surface area (Å²) in [6, 6.07) is 11.7. The number of anilines is 2. The van der Waals surface area contributed by atoms with Gasteiger partial charge in [-0.3, -0.25) is 9.59 Å². The summed E-state index contributed by atoms with van der Waals surface area (Å²) in [6.07, 6.45) is 0. The van der Waals surface area contributed by atoms with Gasteiger partial charge in [-0.25, -0.2) is 9.18 Å². The average Bonchev–Trinajstić information content (AvgIpc) is 2.97. The molecule has 1 heterocycles. The monoisotopic (exact) mass is 370 g/mol. The lowest BCUT2D eigenvalue weighted by Crippen LogP contribution is -2.25. The molecule has 3 rings (SSSR count). The van der Waals surface area contributed by atoms with Gasteiger partial charge in [-0.05, 0) is 48.5 Å². The first-order valence-corrected chi connectivity index (χ1v) is 7.92. The summed E-state index contributed by atoms with van der Waals surface area (Å²) in [4.78, 5) is 35.0. The van der Waals surface area contributed by atoms with Crippen molar-refractivity contribution in [1.82, 2.24) is 9.78 Å². The molecule has 2 N–H and O–H groups in total. The van der Waals surface area contributed by atoms with Gasteiger partial charge >= 0.3 is 5.76 Å². The zero-order valence-corrected chi connectivity index (χ0v) is 14.2. The Morgan fingerprint density at radius 1 is 1.04 bits per heavy atom. The number of nitrogens with zero attached hydrogens (tertiary/aromatic N) is 2. The van der Waals surface area contributed by atoms with Crippen molar-refractivity contribution in [3.05, 3.63) is 64.9 Å². The third-order valence-corrected chi connectivity index (χ3v) is 3.48. The summed E-state index contributed by atoms with van der Waals surface area (Å²) in [5.74, 6) is -1.92. The van der Waals surface area contributed by atoms with Gasteiger partial charge in [0.2, 0.25) is 17.7 Å². The van der Waals surface area contributed by atoms with Gasteiger partial charge in [0, 0.05) is 23.9 Å². The van der Waals surface area contributed by atoms with Crippen LogP contribution in [0.25, 0.3) is 11.5 Å². The number of nitrogens with one attached hydrogen (secondary N) is 2. The molecule has 0 aliphatic carbocycles. The SMILES string of the molecule is CC(=O)Nc1ccc(NC(=O)Cn2nc(-c3ccc(F)cc3)oc2=O)cc1. The first-order valence-electron chi connectivity index (χ1n) is 7.92. The third-order valence-electron chi connectivity index (χ3n) is 3.48. The molecule has 3 aromatic rings. The summed E-state index contributed by atoms with van der Waals surface area (Å²) in [5.41, 5.74) is 1.50. The van der Waals surface area contributed by atoms with Crippen LogP contribution in [0, 0.1) is 5.82 Å². The number of carbonyl (C=O) groups is 2. The van der Waals surface area contributed by atoms with E-state index in [0.29, 0.717) is 16.9 Å². The Kier molecular flexibility index (Phi) is 5.11. The fourth-order valence-electron chi connectivity index (χ4n) is 2.29. The zero-order chi connectivity index (χ0) is 19.4. The molecular weight excluding hydrogens is 355 g/mol. The Balaban J connectivity index is 1.66. The van der Waals surface area contributed by atoms with Crippen molar-refractivity contribution < 1.29 is 18.4 Å². The Hall–Kier alpha value is -3.75. The van der Waals surface area contributed by atoms with E-state index >= 15 is 0 Å². The van der Waals surface area contributed by atoms with Crippen LogP contribution < -0.4 is 16.4 Å². The van der Waals surface area contributed by atoms with Crippen LogP contribution >= 0.6 is 0 Å². The Morgan fingerprint density at radius 2 is 1.63 bits per heavy atom. The number of benzene rings is 2. The van der Waals surface area contributed by atoms with E-state index in [1.54, 1.807) is 24.3 Å². The Bertz CT molecular complexity index is 1020. The van der Waals surface area contributed by atoms with Crippen molar-refractivity contribution in [3.63, 3.8) is 0 Å². The minimum atomic E-state index is -0.800. The molecule has 0 saturated heterocycles. The van der Waals surface area contributed by atoms with E-state index in [2.05, 4.69) is 15.7 Å². The van der Waals surface area contributed by atoms with E-state index in [0.717, 1.165) is 4.68 Å². The zero-order valence-electron chi connectivity index (χ0n) is 14.2. The molecule has 0 spiro atoms. The fourth-order valence-corrected chi connectivity index (χ4v) is 2.29. The van der Waals surface area contributed by atoms with Gasteiger partial charge in [-0.1, -0.05) is 0 Å². The molecule has 2 aromatic carbocycles. The second-order valence-electron chi connectivity index (χ2n) is 5.64. The highest BCUT2D eigenvalue weighted by Crippen LogP contribution is 2.16. The first kappa shape index (κ1) is 18.1. The standard InChI is InChI=1S/C18H15FN4O4/c1-11(24)20-14-6-8-15(9-7-14)21-16(25)10-23-18(26)27-17(22-23)12-2-4-13(19)5-3-12/h2-9H,10H2,1H3,(H,20,24)(H,21,25). The maximum atomic E-state index is 13.0. The van der Waals surface area contributed by atoms with Crippen molar-refractivity contribution in [2.75, 3.05) is 10.6 Å². The van der Waals surface area contributed by atoms with Gasteiger partial charge in [0.25, 0.3) is 0 Å². The van der Waals surface area contributed by atoms with Crippen molar-refractivity contribution in [3.8, 4) is 11.5 Å². The number of hydrogen-bond acceptors (Lipinski definition) is 5. The molecule has 0 saturated carbocycles. The van der Waals surface area contributed by atoms with E-state index in [4.69, 9.17) is 4.42 Å². The van der Waals surface area contributed by atoms with E-state index < -0.39 is 17.5 Å². The molecule has 2 amide bonds. The minimum absolute atomic E-state index is 0.00698. The van der Waals surface area contributed by atoms with Crippen molar-refractivity contribution in [2.24, 2.45) is 0 Å². The molecule has 8 nitrogen and oxygen atoms in total. The van der Waals surface area contributed by atoms with Gasteiger partial charge < -0.3 is 15.1 Å². The highest BCUT2D eigenvalue weighted by Gasteiger charge is 2.13. The highest BCUT2D eigenvalue weighted by atomic mass is 19.1. The van der Waals surface area contributed by atoms with E-state index in [-0.39, 0.29) is 18.3 Å². The van der Waals surface area contributed by atoms with Crippen LogP contribution in [0.2, 0.25) is 0 Å². The van der Waals surface area contributed by atoms with Crippen LogP contribution in [0.4, 0.5) is 15.8 Å². The lowest BCUT2D eigenvalue weighted by atomic mass is 10.2. The van der Waals surface area contributed by atoms with Crippen LogP contribution in [0.15, 0.2) is 57.7 Å². The lowest BCUT2D eigenvalue weighted by Gasteiger charge is -2.06. The van der Waals surface area contributed by atoms with Crippen LogP contribution in [0.3, 0.4) is 0 Å². The van der Waals surface area contributed by atoms with Gasteiger partial charge in [0.15, 0.2) is 0 Å². The molecule has 0 radical (unpaired) electrons. The molecule has 0 aliphatic rings. The summed E-state index contributed by atoms with van der Waals surface area (Å²) in [7, 11) is 0. The van der Waals surface area contributed by atoms with Crippen molar-refractivity contribution in [2.45, 2.75) is 13.5 Å². The smallest absolute Gasteiger partial charge is 0.388 e. The van der Waals surface area contributed by atoms with Crippen molar-refractivity contribution >= 4 is 23.2 Å². The van der Waals surface area contributed by atoms with E-state index in [1.165, 1.54) is 31.2 Å². The van der Waals surface area contributed by atoms with Gasteiger partial charge in [0.05, 0.1) is 0 Å². The fraction of sp³-hybridized carbons (Fsp3) is 0.111. The molecule has 138 valence electrons. The first-order chi connectivity index (χ1) is 12.9. The number of halogens is 1. The molecule has 0 aliphatic heterocycles. The highest BCUT2D eigenvalue weighted by molar-refractivity contribution is 5.92. The maximum Gasteiger partial charge on any atom is 0.437 e. The number of hydrogen-bond donors (Lipinski definition) is 2. The molecule has 1 aromatic heterocycles. The quantitative estimate of drug-likeness (QED) is 0.716. The second kappa shape index (κ2) is 7.65. The van der Waals surface area contributed by atoms with Crippen LogP contribution in [-0.4, -0.2) is 21.6 Å². The Labute approximate surface area is 152 Å². The lowest BCUT2D eigenvalue weighted by molar-refractivity contribution is -0.117. The van der Waals surface area contributed by atoms with Crippen LogP contribution in [-0.2, 0) is 16.1 Å². The molecule has 0 fully saturated rings. The number of rotatable bonds is 5. The molecule has 0 bridgehead atoms. The molecule has 0 unspecified atom stereocenters. The topological polar surface area (TPSA) is 106 Å². The normalized spacial score (nSPS) is 10.4. The molecular formula is C18H15FN4O4. The largest absolute Gasteiger partial charge is 0.437 e. The van der Waals surface area contributed by atoms with Crippen LogP contribution in [0.5, 0.6) is 0 Å². The third kappa shape index (κ3) is 4.66. The predicted octanol–water partition coefficient (Wildman–Crippen LogP) is 2.24. The van der Waals surface area contributed by atoms with E-state index in [9.17, 15) is 18.8 Å². The molecule has 9 heteroatoms. The van der Waals surface area contributed by atoms with Crippen molar-refractivity contribution in [1.29, 1.82) is 0 Å². The minimum Gasteiger partial charge on any atom is -0.388 e. The van der Waals surface area contributed by atoms with Crippen LogP contribution in [0.1, 0.15) is 6.92 Å². The van der Waals surface area contributed by atoms with Gasteiger partial charge in [-0.15, -0.1) is 5.10 Å². The number of aromatic nitrogens is 2. The Morgan fingerprint density at radius 3 is 2.22 bits per heavy atom. The summed E-state index contributed by atoms with van der Waals surface area (Å²) >= 11 is 0. The predicted molar refractivity (Wildman–Crippen MR) is 95.5 cm³/mol. The average molecular weight is 370 g/mol. The summed E-state index contributed by atoms with van der Waals surface area (Å²) < 4.78 is 18.8. The van der Waals surface area contributed by atoms with Gasteiger partial charge in [0.1, 0.15) is 12.4 Å².